The van der Waals surface area contributed by atoms with E-state index in [1.54, 1.807) is 12.1 Å². The van der Waals surface area contributed by atoms with Gasteiger partial charge in [0.1, 0.15) is 12.3 Å². The number of carboxylic acids is 1. The molecule has 0 amide bonds. The first-order chi connectivity index (χ1) is 15.0. The summed E-state index contributed by atoms with van der Waals surface area (Å²) >= 11 is 0. The number of aromatic carboxylic acids is 1. The van der Waals surface area contributed by atoms with Crippen LogP contribution in [0.1, 0.15) is 92.6 Å². The summed E-state index contributed by atoms with van der Waals surface area (Å²) in [6.07, 6.45) is 4.30. The van der Waals surface area contributed by atoms with Gasteiger partial charge in [0, 0.05) is 11.1 Å². The summed E-state index contributed by atoms with van der Waals surface area (Å²) in [6.45, 7) is 15.8. The Bertz CT molecular complexity index is 1070. The maximum Gasteiger partial charge on any atom is 0.335 e. The van der Waals surface area contributed by atoms with Gasteiger partial charge in [0.2, 0.25) is 0 Å². The molecule has 4 nitrogen and oxygen atoms in total. The van der Waals surface area contributed by atoms with Gasteiger partial charge in [0.25, 0.3) is 0 Å². The zero-order valence-electron chi connectivity index (χ0n) is 20.4. The number of hydrogen-bond acceptors (Lipinski definition) is 3. The second kappa shape index (κ2) is 8.93. The largest absolute Gasteiger partial charge is 0.478 e. The van der Waals surface area contributed by atoms with Crippen molar-refractivity contribution in [1.82, 2.24) is 0 Å². The molecule has 2 aromatic carbocycles. The Morgan fingerprint density at radius 3 is 2.09 bits per heavy atom. The van der Waals surface area contributed by atoms with Crippen LogP contribution in [0, 0.1) is 6.92 Å². The van der Waals surface area contributed by atoms with Crippen molar-refractivity contribution >= 4 is 11.7 Å². The average molecular weight is 434 g/mol. The molecule has 32 heavy (non-hydrogen) atoms. The summed E-state index contributed by atoms with van der Waals surface area (Å²) in [5, 5.41) is 13.8. The molecule has 0 bridgehead atoms. The van der Waals surface area contributed by atoms with Crippen LogP contribution in [0.3, 0.4) is 0 Å². The van der Waals surface area contributed by atoms with Crippen LogP contribution in [-0.4, -0.2) is 23.4 Å². The van der Waals surface area contributed by atoms with E-state index in [9.17, 15) is 9.90 Å². The van der Waals surface area contributed by atoms with Gasteiger partial charge >= 0.3 is 5.97 Å². The fourth-order valence-corrected chi connectivity index (χ4v) is 4.29. The smallest absolute Gasteiger partial charge is 0.335 e. The lowest BCUT2D eigenvalue weighted by atomic mass is 9.62. The molecule has 0 spiro atoms. The minimum absolute atomic E-state index is 0.0774. The lowest BCUT2D eigenvalue weighted by molar-refractivity contribution is 0.0697. The van der Waals surface area contributed by atoms with Gasteiger partial charge in [-0.15, -0.1) is 0 Å². The normalized spacial score (nSPS) is 17.6. The zero-order valence-corrected chi connectivity index (χ0v) is 20.4. The Hall–Kier alpha value is -2.88. The number of benzene rings is 2. The molecule has 4 heteroatoms. The highest BCUT2D eigenvalue weighted by atomic mass is 16.6. The lowest BCUT2D eigenvalue weighted by Crippen LogP contribution is -2.34. The number of rotatable bonds is 6. The van der Waals surface area contributed by atoms with Gasteiger partial charge in [-0.05, 0) is 84.9 Å². The molecule has 0 aliphatic heterocycles. The molecule has 0 radical (unpaired) electrons. The van der Waals surface area contributed by atoms with Crippen molar-refractivity contribution in [2.45, 2.75) is 72.1 Å². The zero-order chi connectivity index (χ0) is 23.7. The Morgan fingerprint density at radius 1 is 1.03 bits per heavy atom. The number of oxime groups is 1. The monoisotopic (exact) mass is 433 g/mol. The van der Waals surface area contributed by atoms with E-state index in [2.05, 4.69) is 51.9 Å². The Balaban J connectivity index is 2.16. The molecule has 0 atom stereocenters. The van der Waals surface area contributed by atoms with E-state index in [0.29, 0.717) is 6.61 Å². The van der Waals surface area contributed by atoms with Gasteiger partial charge in [0.05, 0.1) is 5.56 Å². The van der Waals surface area contributed by atoms with Crippen molar-refractivity contribution in [1.29, 1.82) is 0 Å². The van der Waals surface area contributed by atoms with Gasteiger partial charge in [-0.2, -0.15) is 0 Å². The topological polar surface area (TPSA) is 58.9 Å². The van der Waals surface area contributed by atoms with Gasteiger partial charge in [-0.25, -0.2) is 4.79 Å². The molecule has 0 aromatic heterocycles. The molecule has 2 aromatic rings. The predicted octanol–water partition coefficient (Wildman–Crippen LogP) is 6.78. The van der Waals surface area contributed by atoms with Crippen molar-refractivity contribution in [3.63, 3.8) is 0 Å². The van der Waals surface area contributed by atoms with E-state index >= 15 is 0 Å². The molecule has 1 aliphatic carbocycles. The first-order valence-electron chi connectivity index (χ1n) is 11.3. The molecule has 1 N–H and O–H groups in total. The molecule has 0 saturated carbocycles. The van der Waals surface area contributed by atoms with E-state index in [4.69, 9.17) is 4.84 Å². The standard InChI is InChI=1S/C28H35NO3/c1-8-18(2)17-32-29-25(20-9-11-21(12-10-20)26(30)31)22-16-24-23(15-19(22)3)27(4,5)13-14-28(24,6)7/h8-12,15-16H,13-14,17H2,1-7H3,(H,30,31)/b18-8+,29-25+. The molecule has 0 heterocycles. The quantitative estimate of drug-likeness (QED) is 0.310. The molecular weight excluding hydrogens is 398 g/mol. The predicted molar refractivity (Wildman–Crippen MR) is 131 cm³/mol. The maximum atomic E-state index is 11.3. The molecular formula is C28H35NO3. The first-order valence-corrected chi connectivity index (χ1v) is 11.3. The van der Waals surface area contributed by atoms with E-state index in [1.807, 2.05) is 32.1 Å². The third-order valence-electron chi connectivity index (χ3n) is 6.80. The molecule has 170 valence electrons. The first kappa shape index (κ1) is 23.8. The summed E-state index contributed by atoms with van der Waals surface area (Å²) in [5.41, 5.74) is 8.05. The van der Waals surface area contributed by atoms with Crippen molar-refractivity contribution in [2.24, 2.45) is 5.16 Å². The number of hydrogen-bond donors (Lipinski definition) is 1. The van der Waals surface area contributed by atoms with Crippen LogP contribution in [0.5, 0.6) is 0 Å². The van der Waals surface area contributed by atoms with Gasteiger partial charge in [-0.3, -0.25) is 0 Å². The number of aryl methyl sites for hydroxylation is 1. The highest BCUT2D eigenvalue weighted by Gasteiger charge is 2.37. The number of carboxylic acid groups (broad SMARTS) is 1. The molecule has 1 aliphatic rings. The molecule has 3 rings (SSSR count). The Kier molecular flexibility index (Phi) is 6.64. The van der Waals surface area contributed by atoms with Crippen LogP contribution in [0.2, 0.25) is 0 Å². The number of allylic oxidation sites excluding steroid dienone is 1. The maximum absolute atomic E-state index is 11.3. The summed E-state index contributed by atoms with van der Waals surface area (Å²) in [5.74, 6) is -0.941. The third-order valence-corrected chi connectivity index (χ3v) is 6.80. The van der Waals surface area contributed by atoms with Crippen LogP contribution in [0.25, 0.3) is 0 Å². The Labute approximate surface area is 192 Å². The van der Waals surface area contributed by atoms with Crippen LogP contribution >= 0.6 is 0 Å². The highest BCUT2D eigenvalue weighted by molar-refractivity contribution is 6.14. The third kappa shape index (κ3) is 4.79. The molecule has 0 unspecified atom stereocenters. The van der Waals surface area contributed by atoms with Crippen molar-refractivity contribution in [2.75, 3.05) is 6.61 Å². The van der Waals surface area contributed by atoms with Crippen molar-refractivity contribution in [3.05, 3.63) is 81.4 Å². The van der Waals surface area contributed by atoms with E-state index < -0.39 is 5.97 Å². The van der Waals surface area contributed by atoms with Crippen molar-refractivity contribution in [3.8, 4) is 0 Å². The number of carbonyl (C=O) groups is 1. The second-order valence-electron chi connectivity index (χ2n) is 10.2. The Morgan fingerprint density at radius 2 is 1.56 bits per heavy atom. The highest BCUT2D eigenvalue weighted by Crippen LogP contribution is 2.46. The van der Waals surface area contributed by atoms with Gasteiger partial charge < -0.3 is 9.94 Å². The SMILES string of the molecule is C/C=C(\C)CO/N=C(\c1ccc(C(=O)O)cc1)c1cc2c(cc1C)C(C)(C)CCC2(C)C. The van der Waals surface area contributed by atoms with Crippen LogP contribution in [0.4, 0.5) is 0 Å². The van der Waals surface area contributed by atoms with E-state index in [1.165, 1.54) is 11.1 Å². The number of nitrogens with zero attached hydrogens (tertiary/aromatic N) is 1. The minimum Gasteiger partial charge on any atom is -0.478 e. The fraction of sp³-hybridized carbons (Fsp3) is 0.429. The summed E-state index contributed by atoms with van der Waals surface area (Å²) in [6, 6.07) is 11.4. The fourth-order valence-electron chi connectivity index (χ4n) is 4.29. The molecule has 0 fully saturated rings. The second-order valence-corrected chi connectivity index (χ2v) is 10.2. The summed E-state index contributed by atoms with van der Waals surface area (Å²) in [7, 11) is 0. The van der Waals surface area contributed by atoms with Crippen molar-refractivity contribution < 1.29 is 14.7 Å². The number of fused-ring (bicyclic) bond motifs is 1. The lowest BCUT2D eigenvalue weighted by Gasteiger charge is -2.42. The van der Waals surface area contributed by atoms with Gasteiger partial charge in [-0.1, -0.05) is 57.1 Å². The van der Waals surface area contributed by atoms with Crippen LogP contribution in [-0.2, 0) is 15.7 Å². The van der Waals surface area contributed by atoms with Crippen LogP contribution in [0.15, 0.2) is 53.2 Å². The average Bonchev–Trinajstić information content (AvgIpc) is 2.74. The van der Waals surface area contributed by atoms with E-state index in [-0.39, 0.29) is 16.4 Å². The molecule has 0 saturated heterocycles. The van der Waals surface area contributed by atoms with E-state index in [0.717, 1.165) is 40.8 Å². The minimum atomic E-state index is -0.941. The van der Waals surface area contributed by atoms with Crippen LogP contribution < -0.4 is 0 Å². The summed E-state index contributed by atoms with van der Waals surface area (Å²) in [4.78, 5) is 17.0. The summed E-state index contributed by atoms with van der Waals surface area (Å²) < 4.78 is 0. The van der Waals surface area contributed by atoms with Gasteiger partial charge in [0.15, 0.2) is 0 Å².